The molecule has 1 rings (SSSR count). The van der Waals surface area contributed by atoms with Gasteiger partial charge in [-0.3, -0.25) is 4.79 Å². The molecule has 1 aliphatic carbocycles. The summed E-state index contributed by atoms with van der Waals surface area (Å²) in [4.78, 5) is 11.6. The predicted octanol–water partition coefficient (Wildman–Crippen LogP) is 2.53. The second kappa shape index (κ2) is 12.1. The van der Waals surface area contributed by atoms with Crippen LogP contribution in [-0.4, -0.2) is 37.5 Å². The van der Waals surface area contributed by atoms with Crippen molar-refractivity contribution in [3.63, 3.8) is 0 Å². The number of nitrogens with one attached hydrogen (secondary N) is 1. The maximum Gasteiger partial charge on any atom is 0.246 e. The second-order valence-electron chi connectivity index (χ2n) is 4.65. The molecule has 0 saturated heterocycles. The number of hydrogen-bond acceptors (Lipinski definition) is 4. The molecule has 0 bridgehead atoms. The molecule has 1 atom stereocenters. The van der Waals surface area contributed by atoms with E-state index in [1.165, 1.54) is 24.9 Å². The summed E-state index contributed by atoms with van der Waals surface area (Å²) in [6, 6.07) is 0. The summed E-state index contributed by atoms with van der Waals surface area (Å²) in [6.07, 6.45) is 6.23. The fraction of sp³-hybridized carbons (Fsp3) is 0.800. The molecule has 1 unspecified atom stereocenters. The monoisotopic (exact) mass is 299 g/mol. The van der Waals surface area contributed by atoms with Gasteiger partial charge in [0.1, 0.15) is 12.7 Å². The topological polar surface area (TPSA) is 47.6 Å². The van der Waals surface area contributed by atoms with Crippen LogP contribution in [0.25, 0.3) is 0 Å². The van der Waals surface area contributed by atoms with Gasteiger partial charge in [0.05, 0.1) is 6.61 Å². The van der Waals surface area contributed by atoms with E-state index in [9.17, 15) is 4.79 Å². The van der Waals surface area contributed by atoms with E-state index in [-0.39, 0.29) is 18.6 Å². The molecular weight excluding hydrogens is 274 g/mol. The van der Waals surface area contributed by atoms with Crippen molar-refractivity contribution in [3.8, 4) is 11.8 Å². The summed E-state index contributed by atoms with van der Waals surface area (Å²) >= 11 is 1.44. The summed E-state index contributed by atoms with van der Waals surface area (Å²) < 4.78 is 10.7. The minimum absolute atomic E-state index is 0.0599. The van der Waals surface area contributed by atoms with E-state index >= 15 is 0 Å². The maximum atomic E-state index is 11.6. The van der Waals surface area contributed by atoms with E-state index in [2.05, 4.69) is 17.2 Å². The lowest BCUT2D eigenvalue weighted by atomic mass is 10.1. The third-order valence-corrected chi connectivity index (χ3v) is 3.73. The molecule has 0 spiro atoms. The number of amides is 1. The minimum Gasteiger partial charge on any atom is -0.356 e. The number of carbonyl (C=O) groups excluding carboxylic acids is 1. The highest BCUT2D eigenvalue weighted by Crippen LogP contribution is 2.10. The average molecular weight is 299 g/mol. The highest BCUT2D eigenvalue weighted by Gasteiger charge is 2.09. The maximum absolute atomic E-state index is 11.6. The Balaban J connectivity index is 2.03. The van der Waals surface area contributed by atoms with Crippen LogP contribution in [0.4, 0.5) is 0 Å². The van der Waals surface area contributed by atoms with Crippen LogP contribution in [0.2, 0.25) is 0 Å². The summed E-state index contributed by atoms with van der Waals surface area (Å²) in [5.41, 5.74) is 0. The van der Waals surface area contributed by atoms with E-state index in [0.29, 0.717) is 13.2 Å². The smallest absolute Gasteiger partial charge is 0.246 e. The van der Waals surface area contributed by atoms with Crippen molar-refractivity contribution in [2.24, 2.45) is 0 Å². The van der Waals surface area contributed by atoms with Crippen LogP contribution in [0, 0.1) is 11.8 Å². The van der Waals surface area contributed by atoms with Crippen LogP contribution in [0.1, 0.15) is 45.4 Å². The molecular formula is C15H25NO3S. The number of carbonyl (C=O) groups is 1. The Morgan fingerprint density at radius 1 is 1.40 bits per heavy atom. The molecule has 5 heteroatoms. The van der Waals surface area contributed by atoms with Crippen LogP contribution in [-0.2, 0) is 13.7 Å². The van der Waals surface area contributed by atoms with Crippen LogP contribution in [0.3, 0.4) is 0 Å². The molecule has 0 aliphatic heterocycles. The Hall–Kier alpha value is -0.700. The van der Waals surface area contributed by atoms with Crippen molar-refractivity contribution in [1.29, 1.82) is 0 Å². The van der Waals surface area contributed by atoms with Gasteiger partial charge in [0, 0.05) is 18.7 Å². The van der Waals surface area contributed by atoms with E-state index in [1.54, 1.807) is 0 Å². The van der Waals surface area contributed by atoms with Gasteiger partial charge in [0.15, 0.2) is 0 Å². The van der Waals surface area contributed by atoms with Gasteiger partial charge in [-0.2, -0.15) is 0 Å². The molecule has 0 aromatic rings. The molecule has 1 aliphatic rings. The fourth-order valence-electron chi connectivity index (χ4n) is 1.83. The van der Waals surface area contributed by atoms with E-state index in [4.69, 9.17) is 8.92 Å². The summed E-state index contributed by atoms with van der Waals surface area (Å²) in [5.74, 6) is 7.04. The van der Waals surface area contributed by atoms with Gasteiger partial charge in [-0.05, 0) is 44.6 Å². The molecule has 1 amide bonds. The Labute approximate surface area is 126 Å². The van der Waals surface area contributed by atoms with Crippen LogP contribution in [0.15, 0.2) is 0 Å². The Kier molecular flexibility index (Phi) is 10.5. The molecule has 1 N–H and O–H groups in total. The van der Waals surface area contributed by atoms with Gasteiger partial charge in [-0.1, -0.05) is 12.3 Å². The Bertz CT molecular complexity index is 325. The molecule has 0 heterocycles. The van der Waals surface area contributed by atoms with Crippen molar-refractivity contribution in [1.82, 2.24) is 5.32 Å². The predicted molar refractivity (Wildman–Crippen MR) is 82.3 cm³/mol. The Morgan fingerprint density at radius 3 is 3.15 bits per heavy atom. The van der Waals surface area contributed by atoms with E-state index in [1.807, 2.05) is 6.92 Å². The first-order valence-corrected chi connectivity index (χ1v) is 8.35. The molecule has 0 radical (unpaired) electrons. The van der Waals surface area contributed by atoms with Crippen molar-refractivity contribution in [3.05, 3.63) is 0 Å². The first-order valence-electron chi connectivity index (χ1n) is 7.44. The molecule has 4 nitrogen and oxygen atoms in total. The molecule has 0 saturated carbocycles. The largest absolute Gasteiger partial charge is 0.356 e. The zero-order valence-electron chi connectivity index (χ0n) is 12.3. The van der Waals surface area contributed by atoms with E-state index < -0.39 is 0 Å². The second-order valence-corrected chi connectivity index (χ2v) is 5.53. The summed E-state index contributed by atoms with van der Waals surface area (Å²) in [5, 5.41) is 2.85. The summed E-state index contributed by atoms with van der Waals surface area (Å²) in [7, 11) is 0. The molecule has 0 aromatic heterocycles. The highest BCUT2D eigenvalue weighted by atomic mass is 32.2. The normalized spacial score (nSPS) is 18.6. The average Bonchev–Trinajstić information content (AvgIpc) is 2.41. The lowest BCUT2D eigenvalue weighted by molar-refractivity contribution is -0.126. The first kappa shape index (κ1) is 17.4. The van der Waals surface area contributed by atoms with Gasteiger partial charge in [0.2, 0.25) is 5.91 Å². The lowest BCUT2D eigenvalue weighted by Crippen LogP contribution is -2.30. The van der Waals surface area contributed by atoms with Crippen molar-refractivity contribution < 1.29 is 13.7 Å². The van der Waals surface area contributed by atoms with Crippen LogP contribution in [0.5, 0.6) is 0 Å². The quantitative estimate of drug-likeness (QED) is 0.404. The standard InChI is InChI=1S/C15H25NO3S/c1-2-19-20-12-8-11-16-15(17)13-18-14-9-6-4-3-5-7-10-14/h14H,2-6,8-9,11-13H2,1H3,(H,16,17). The van der Waals surface area contributed by atoms with Crippen LogP contribution < -0.4 is 5.32 Å². The number of ether oxygens (including phenoxy) is 1. The molecule has 0 fully saturated rings. The highest BCUT2D eigenvalue weighted by molar-refractivity contribution is 7.94. The zero-order valence-corrected chi connectivity index (χ0v) is 13.1. The Morgan fingerprint density at radius 2 is 2.30 bits per heavy atom. The number of rotatable bonds is 9. The van der Waals surface area contributed by atoms with Gasteiger partial charge in [-0.25, -0.2) is 0 Å². The molecule has 114 valence electrons. The van der Waals surface area contributed by atoms with E-state index in [0.717, 1.165) is 31.4 Å². The van der Waals surface area contributed by atoms with Gasteiger partial charge in [-0.15, -0.1) is 5.92 Å². The van der Waals surface area contributed by atoms with Gasteiger partial charge < -0.3 is 14.2 Å². The van der Waals surface area contributed by atoms with Gasteiger partial charge >= 0.3 is 0 Å². The minimum atomic E-state index is -0.0745. The summed E-state index contributed by atoms with van der Waals surface area (Å²) in [6.45, 7) is 3.45. The van der Waals surface area contributed by atoms with Crippen molar-refractivity contribution in [2.45, 2.75) is 51.6 Å². The SMILES string of the molecule is CCOSCCCNC(=O)COC1C#CCCCCC1. The first-order chi connectivity index (χ1) is 9.83. The van der Waals surface area contributed by atoms with Crippen molar-refractivity contribution >= 4 is 17.9 Å². The molecule has 20 heavy (non-hydrogen) atoms. The third-order valence-electron chi connectivity index (χ3n) is 2.87. The lowest BCUT2D eigenvalue weighted by Gasteiger charge is -2.13. The third kappa shape index (κ3) is 9.24. The zero-order chi connectivity index (χ0) is 14.5. The van der Waals surface area contributed by atoms with Crippen molar-refractivity contribution in [2.75, 3.05) is 25.5 Å². The molecule has 0 aromatic carbocycles. The fourth-order valence-corrected chi connectivity index (χ4v) is 2.38. The van der Waals surface area contributed by atoms with Gasteiger partial charge in [0.25, 0.3) is 0 Å². The van der Waals surface area contributed by atoms with Crippen LogP contribution >= 0.6 is 12.0 Å². The number of hydrogen-bond donors (Lipinski definition) is 1.